The first kappa shape index (κ1) is 11.4. The summed E-state index contributed by atoms with van der Waals surface area (Å²) >= 11 is 0. The van der Waals surface area contributed by atoms with Crippen LogP contribution in [0.15, 0.2) is 24.3 Å². The lowest BCUT2D eigenvalue weighted by molar-refractivity contribution is -0.117. The Morgan fingerprint density at radius 1 is 1.53 bits per heavy atom. The largest absolute Gasteiger partial charge is 0.392 e. The Morgan fingerprint density at radius 3 is 2.87 bits per heavy atom. The van der Waals surface area contributed by atoms with Crippen molar-refractivity contribution in [3.63, 3.8) is 0 Å². The van der Waals surface area contributed by atoms with Crippen LogP contribution in [0.1, 0.15) is 17.5 Å². The Balaban J connectivity index is 2.87. The molecule has 1 aromatic carbocycles. The van der Waals surface area contributed by atoms with Crippen molar-refractivity contribution in [1.82, 2.24) is 0 Å². The molecule has 0 saturated heterocycles. The Morgan fingerprint density at radius 2 is 2.27 bits per heavy atom. The van der Waals surface area contributed by atoms with Gasteiger partial charge < -0.3 is 10.8 Å². The molecule has 0 fully saturated rings. The monoisotopic (exact) mass is 209 g/mol. The van der Waals surface area contributed by atoms with Crippen LogP contribution in [0.25, 0.3) is 6.08 Å². The molecule has 1 aromatic rings. The maximum Gasteiger partial charge on any atom is 0.221 e. The molecular formula is C11H12FNO2. The third kappa shape index (κ3) is 3.52. The summed E-state index contributed by atoms with van der Waals surface area (Å²) in [6.45, 7) is -0.170. The third-order valence-corrected chi connectivity index (χ3v) is 1.89. The number of amides is 1. The van der Waals surface area contributed by atoms with Gasteiger partial charge in [-0.15, -0.1) is 0 Å². The smallest absolute Gasteiger partial charge is 0.221 e. The Kier molecular flexibility index (Phi) is 4.00. The van der Waals surface area contributed by atoms with Gasteiger partial charge in [-0.3, -0.25) is 4.79 Å². The van der Waals surface area contributed by atoms with E-state index in [2.05, 4.69) is 0 Å². The van der Waals surface area contributed by atoms with Crippen molar-refractivity contribution in [2.24, 2.45) is 5.73 Å². The summed E-state index contributed by atoms with van der Waals surface area (Å²) in [7, 11) is 0. The Hall–Kier alpha value is -1.68. The summed E-state index contributed by atoms with van der Waals surface area (Å²) in [5.74, 6) is -0.834. The van der Waals surface area contributed by atoms with Gasteiger partial charge in [0.1, 0.15) is 5.82 Å². The summed E-state index contributed by atoms with van der Waals surface area (Å²) in [6, 6.07) is 4.07. The average molecular weight is 209 g/mol. The summed E-state index contributed by atoms with van der Waals surface area (Å²) in [4.78, 5) is 10.5. The highest BCUT2D eigenvalue weighted by Crippen LogP contribution is 2.13. The van der Waals surface area contributed by atoms with Gasteiger partial charge in [-0.2, -0.15) is 0 Å². The molecule has 0 aliphatic heterocycles. The van der Waals surface area contributed by atoms with Gasteiger partial charge in [-0.05, 0) is 23.3 Å². The summed E-state index contributed by atoms with van der Waals surface area (Å²) in [5, 5.41) is 8.97. The van der Waals surface area contributed by atoms with Crippen LogP contribution >= 0.6 is 0 Å². The number of primary amides is 1. The first-order valence-electron chi connectivity index (χ1n) is 4.47. The fourth-order valence-corrected chi connectivity index (χ4v) is 1.17. The van der Waals surface area contributed by atoms with Gasteiger partial charge in [0.25, 0.3) is 0 Å². The average Bonchev–Trinajstić information content (AvgIpc) is 2.17. The van der Waals surface area contributed by atoms with Crippen molar-refractivity contribution in [3.8, 4) is 0 Å². The molecule has 1 amide bonds. The summed E-state index contributed by atoms with van der Waals surface area (Å²) in [5.41, 5.74) is 6.11. The number of halogens is 1. The van der Waals surface area contributed by atoms with Crippen molar-refractivity contribution >= 4 is 12.0 Å². The molecule has 15 heavy (non-hydrogen) atoms. The molecule has 0 spiro atoms. The van der Waals surface area contributed by atoms with E-state index >= 15 is 0 Å². The second kappa shape index (κ2) is 5.26. The number of aliphatic hydroxyl groups excluding tert-OH is 1. The molecule has 3 nitrogen and oxygen atoms in total. The van der Waals surface area contributed by atoms with Gasteiger partial charge in [0.15, 0.2) is 0 Å². The number of nitrogens with two attached hydrogens (primary N) is 1. The zero-order chi connectivity index (χ0) is 11.3. The van der Waals surface area contributed by atoms with E-state index in [-0.39, 0.29) is 18.8 Å². The number of carbonyl (C=O) groups excluding carboxylic acids is 1. The van der Waals surface area contributed by atoms with E-state index in [0.29, 0.717) is 11.1 Å². The standard InChI is InChI=1S/C11H12FNO2/c12-10-5-4-9(7-14)8(6-10)2-1-3-11(13)15/h1-2,4-6,14H,3,7H2,(H2,13,15). The second-order valence-corrected chi connectivity index (χ2v) is 3.07. The number of hydrogen-bond donors (Lipinski definition) is 2. The molecule has 1 rings (SSSR count). The van der Waals surface area contributed by atoms with Crippen molar-refractivity contribution in [2.75, 3.05) is 0 Å². The zero-order valence-corrected chi connectivity index (χ0v) is 8.11. The third-order valence-electron chi connectivity index (χ3n) is 1.89. The van der Waals surface area contributed by atoms with Crippen LogP contribution in [0.3, 0.4) is 0 Å². The van der Waals surface area contributed by atoms with Crippen molar-refractivity contribution in [1.29, 1.82) is 0 Å². The lowest BCUT2D eigenvalue weighted by atomic mass is 10.1. The Bertz CT molecular complexity index is 388. The molecule has 0 heterocycles. The summed E-state index contributed by atoms with van der Waals surface area (Å²) in [6.07, 6.45) is 3.21. The molecule has 3 N–H and O–H groups in total. The van der Waals surface area contributed by atoms with Gasteiger partial charge in [0.2, 0.25) is 5.91 Å². The molecule has 0 bridgehead atoms. The molecule has 0 aliphatic carbocycles. The van der Waals surface area contributed by atoms with E-state index in [4.69, 9.17) is 10.8 Å². The molecule has 0 atom stereocenters. The topological polar surface area (TPSA) is 63.3 Å². The quantitative estimate of drug-likeness (QED) is 0.782. The first-order chi connectivity index (χ1) is 7.13. The minimum Gasteiger partial charge on any atom is -0.392 e. The number of aliphatic hydroxyl groups is 1. The van der Waals surface area contributed by atoms with E-state index in [0.717, 1.165) is 0 Å². The molecule has 4 heteroatoms. The maximum atomic E-state index is 12.9. The summed E-state index contributed by atoms with van der Waals surface area (Å²) < 4.78 is 12.9. The predicted octanol–water partition coefficient (Wildman–Crippen LogP) is 1.21. The van der Waals surface area contributed by atoms with Gasteiger partial charge in [0, 0.05) is 6.42 Å². The van der Waals surface area contributed by atoms with Gasteiger partial charge in [-0.1, -0.05) is 18.2 Å². The number of rotatable bonds is 4. The van der Waals surface area contributed by atoms with E-state index in [1.165, 1.54) is 24.3 Å². The minimum atomic E-state index is -0.451. The highest BCUT2D eigenvalue weighted by atomic mass is 19.1. The van der Waals surface area contributed by atoms with Crippen LogP contribution < -0.4 is 5.73 Å². The number of hydrogen-bond acceptors (Lipinski definition) is 2. The normalized spacial score (nSPS) is 10.8. The lowest BCUT2D eigenvalue weighted by Crippen LogP contribution is -2.07. The highest BCUT2D eigenvalue weighted by Gasteiger charge is 2.00. The lowest BCUT2D eigenvalue weighted by Gasteiger charge is -2.02. The molecule has 0 aromatic heterocycles. The Labute approximate surface area is 87.0 Å². The zero-order valence-electron chi connectivity index (χ0n) is 8.11. The molecule has 0 saturated carbocycles. The van der Waals surface area contributed by atoms with E-state index < -0.39 is 5.91 Å². The second-order valence-electron chi connectivity index (χ2n) is 3.07. The van der Waals surface area contributed by atoms with Crippen molar-refractivity contribution in [2.45, 2.75) is 13.0 Å². The van der Waals surface area contributed by atoms with Crippen LogP contribution in [0.4, 0.5) is 4.39 Å². The van der Waals surface area contributed by atoms with Crippen LogP contribution in [0, 0.1) is 5.82 Å². The molecular weight excluding hydrogens is 197 g/mol. The minimum absolute atomic E-state index is 0.0986. The predicted molar refractivity (Wildman–Crippen MR) is 55.2 cm³/mol. The van der Waals surface area contributed by atoms with Crippen LogP contribution in [0.2, 0.25) is 0 Å². The van der Waals surface area contributed by atoms with E-state index in [9.17, 15) is 9.18 Å². The molecule has 0 radical (unpaired) electrons. The molecule has 80 valence electrons. The van der Waals surface area contributed by atoms with Crippen LogP contribution in [0.5, 0.6) is 0 Å². The molecule has 0 unspecified atom stereocenters. The fourth-order valence-electron chi connectivity index (χ4n) is 1.17. The van der Waals surface area contributed by atoms with Crippen LogP contribution in [-0.4, -0.2) is 11.0 Å². The first-order valence-corrected chi connectivity index (χ1v) is 4.47. The highest BCUT2D eigenvalue weighted by molar-refractivity contribution is 5.76. The van der Waals surface area contributed by atoms with E-state index in [1.807, 2.05) is 0 Å². The number of benzene rings is 1. The van der Waals surface area contributed by atoms with Gasteiger partial charge in [-0.25, -0.2) is 4.39 Å². The number of carbonyl (C=O) groups is 1. The van der Waals surface area contributed by atoms with Crippen molar-refractivity contribution in [3.05, 3.63) is 41.2 Å². The maximum absolute atomic E-state index is 12.9. The van der Waals surface area contributed by atoms with Crippen molar-refractivity contribution < 1.29 is 14.3 Å². The van der Waals surface area contributed by atoms with Crippen LogP contribution in [-0.2, 0) is 11.4 Å². The van der Waals surface area contributed by atoms with E-state index in [1.54, 1.807) is 6.08 Å². The SMILES string of the molecule is NC(=O)CC=Cc1cc(F)ccc1CO. The fraction of sp³-hybridized carbons (Fsp3) is 0.182. The van der Waals surface area contributed by atoms with Gasteiger partial charge >= 0.3 is 0 Å². The molecule has 0 aliphatic rings. The van der Waals surface area contributed by atoms with Gasteiger partial charge in [0.05, 0.1) is 6.61 Å².